The Morgan fingerprint density at radius 2 is 2.06 bits per heavy atom. The smallest absolute Gasteiger partial charge is 0.296 e. The molecule has 0 aliphatic carbocycles. The standard InChI is InChI=1S/C24H23N7O4/c1-12(18(19-13(2)29-30-14(19)3)17-8-6-5-7-15(17)9-25)22-28-20(21(32)24(34)31(22)4)23(33)27-16-10-26-35-11-16/h5-8,10-12,18,32H,1-4H3,(H,27,33)(H,29,30)/t12-,18+/m0/s1. The minimum atomic E-state index is -0.790. The number of carbonyl (C=O) groups excluding carboxylic acids is 1. The fourth-order valence-corrected chi connectivity index (χ4v) is 4.34. The molecule has 0 aliphatic heterocycles. The van der Waals surface area contributed by atoms with Gasteiger partial charge in [0.1, 0.15) is 17.8 Å². The van der Waals surface area contributed by atoms with Crippen molar-refractivity contribution in [3.05, 3.63) is 86.7 Å². The molecule has 11 heteroatoms. The number of aromatic amines is 1. The topological polar surface area (TPSA) is 163 Å². The Kier molecular flexibility index (Phi) is 6.20. The van der Waals surface area contributed by atoms with E-state index in [1.807, 2.05) is 32.9 Å². The van der Waals surface area contributed by atoms with Crippen LogP contribution in [0, 0.1) is 25.2 Å². The Balaban J connectivity index is 1.90. The first-order valence-corrected chi connectivity index (χ1v) is 10.8. The number of nitrogens with zero attached hydrogens (tertiary/aromatic N) is 5. The van der Waals surface area contributed by atoms with Gasteiger partial charge in [-0.05, 0) is 25.5 Å². The third kappa shape index (κ3) is 4.17. The van der Waals surface area contributed by atoms with E-state index in [-0.39, 0.29) is 11.5 Å². The molecule has 0 fully saturated rings. The lowest BCUT2D eigenvalue weighted by Gasteiger charge is -2.27. The summed E-state index contributed by atoms with van der Waals surface area (Å²) in [7, 11) is 1.48. The molecule has 4 rings (SSSR count). The van der Waals surface area contributed by atoms with E-state index >= 15 is 0 Å². The Labute approximate surface area is 200 Å². The summed E-state index contributed by atoms with van der Waals surface area (Å²) in [5, 5.41) is 33.5. The van der Waals surface area contributed by atoms with Crippen molar-refractivity contribution in [1.29, 1.82) is 5.26 Å². The van der Waals surface area contributed by atoms with Crippen molar-refractivity contribution in [3.8, 4) is 11.8 Å². The Hall–Kier alpha value is -4.72. The number of amides is 1. The van der Waals surface area contributed by atoms with Gasteiger partial charge in [0.25, 0.3) is 11.5 Å². The molecule has 3 aromatic heterocycles. The maximum Gasteiger partial charge on any atom is 0.296 e. The molecule has 0 aliphatic rings. The van der Waals surface area contributed by atoms with Crippen molar-refractivity contribution >= 4 is 11.6 Å². The summed E-state index contributed by atoms with van der Waals surface area (Å²) >= 11 is 0. The lowest BCUT2D eigenvalue weighted by molar-refractivity contribution is 0.101. The van der Waals surface area contributed by atoms with Gasteiger partial charge < -0.3 is 14.9 Å². The fraction of sp³-hybridized carbons (Fsp3) is 0.250. The molecule has 0 unspecified atom stereocenters. The fourth-order valence-electron chi connectivity index (χ4n) is 4.34. The van der Waals surface area contributed by atoms with Crippen LogP contribution in [-0.4, -0.2) is 35.9 Å². The van der Waals surface area contributed by atoms with Gasteiger partial charge in [-0.15, -0.1) is 0 Å². The van der Waals surface area contributed by atoms with E-state index in [1.54, 1.807) is 12.1 Å². The lowest BCUT2D eigenvalue weighted by atomic mass is 9.78. The van der Waals surface area contributed by atoms with Crippen LogP contribution in [-0.2, 0) is 7.05 Å². The van der Waals surface area contributed by atoms with Gasteiger partial charge in [0, 0.05) is 30.1 Å². The summed E-state index contributed by atoms with van der Waals surface area (Å²) in [4.78, 5) is 30.2. The number of aromatic hydroxyl groups is 1. The minimum absolute atomic E-state index is 0.247. The van der Waals surface area contributed by atoms with Crippen LogP contribution < -0.4 is 10.9 Å². The average molecular weight is 473 g/mol. The molecule has 35 heavy (non-hydrogen) atoms. The van der Waals surface area contributed by atoms with Crippen LogP contribution in [0.15, 0.2) is 46.0 Å². The van der Waals surface area contributed by atoms with Gasteiger partial charge in [-0.1, -0.05) is 30.3 Å². The second kappa shape index (κ2) is 9.26. The van der Waals surface area contributed by atoms with Crippen LogP contribution in [0.1, 0.15) is 63.2 Å². The van der Waals surface area contributed by atoms with E-state index in [9.17, 15) is 20.0 Å². The van der Waals surface area contributed by atoms with Crippen LogP contribution >= 0.6 is 0 Å². The van der Waals surface area contributed by atoms with E-state index in [4.69, 9.17) is 4.52 Å². The second-order valence-electron chi connectivity index (χ2n) is 8.21. The normalized spacial score (nSPS) is 12.7. The first kappa shape index (κ1) is 23.4. The average Bonchev–Trinajstić information content (AvgIpc) is 3.48. The van der Waals surface area contributed by atoms with Gasteiger partial charge in [0.2, 0.25) is 5.75 Å². The molecule has 0 radical (unpaired) electrons. The van der Waals surface area contributed by atoms with Gasteiger partial charge in [-0.25, -0.2) is 4.98 Å². The summed E-state index contributed by atoms with van der Waals surface area (Å²) in [6, 6.07) is 9.42. The SMILES string of the molecule is Cc1n[nH]c(C)c1[C@@H](c1ccccc1C#N)[C@H](C)c1nc(C(=O)Nc2cnoc2)c(O)c(=O)n1C. The van der Waals surface area contributed by atoms with Gasteiger partial charge in [0.05, 0.1) is 23.5 Å². The maximum atomic E-state index is 12.9. The molecule has 0 spiro atoms. The highest BCUT2D eigenvalue weighted by molar-refractivity contribution is 6.04. The number of benzene rings is 1. The Morgan fingerprint density at radius 1 is 1.31 bits per heavy atom. The molecule has 1 aromatic carbocycles. The number of hydrogen-bond donors (Lipinski definition) is 3. The number of nitrogens with one attached hydrogen (secondary N) is 2. The van der Waals surface area contributed by atoms with Gasteiger partial charge in [-0.2, -0.15) is 10.4 Å². The molecule has 178 valence electrons. The summed E-state index contributed by atoms with van der Waals surface area (Å²) in [6.07, 6.45) is 2.48. The Morgan fingerprint density at radius 3 is 2.69 bits per heavy atom. The molecular formula is C24H23N7O4. The van der Waals surface area contributed by atoms with E-state index in [2.05, 4.69) is 31.7 Å². The largest absolute Gasteiger partial charge is 0.501 e. The van der Waals surface area contributed by atoms with Gasteiger partial charge >= 0.3 is 0 Å². The second-order valence-corrected chi connectivity index (χ2v) is 8.21. The first-order valence-electron chi connectivity index (χ1n) is 10.8. The number of hydrogen-bond acceptors (Lipinski definition) is 8. The van der Waals surface area contributed by atoms with E-state index in [0.717, 1.165) is 22.5 Å². The zero-order chi connectivity index (χ0) is 25.3. The van der Waals surface area contributed by atoms with Crippen molar-refractivity contribution in [2.45, 2.75) is 32.6 Å². The lowest BCUT2D eigenvalue weighted by Crippen LogP contribution is -2.29. The van der Waals surface area contributed by atoms with Crippen LogP contribution in [0.2, 0.25) is 0 Å². The third-order valence-corrected chi connectivity index (χ3v) is 6.03. The van der Waals surface area contributed by atoms with E-state index in [0.29, 0.717) is 5.56 Å². The summed E-state index contributed by atoms with van der Waals surface area (Å²) in [6.45, 7) is 5.59. The first-order chi connectivity index (χ1) is 16.7. The quantitative estimate of drug-likeness (QED) is 0.385. The zero-order valence-corrected chi connectivity index (χ0v) is 19.5. The van der Waals surface area contributed by atoms with Crippen LogP contribution in [0.5, 0.6) is 5.75 Å². The predicted molar refractivity (Wildman–Crippen MR) is 125 cm³/mol. The van der Waals surface area contributed by atoms with Crippen molar-refractivity contribution in [2.24, 2.45) is 7.05 Å². The molecule has 0 saturated heterocycles. The van der Waals surface area contributed by atoms with Crippen LogP contribution in [0.4, 0.5) is 5.69 Å². The molecule has 1 amide bonds. The van der Waals surface area contributed by atoms with Gasteiger partial charge in [0.15, 0.2) is 5.69 Å². The molecule has 0 saturated carbocycles. The summed E-state index contributed by atoms with van der Waals surface area (Å²) in [5.41, 5.74) is 2.65. The molecule has 4 aromatic rings. The number of anilines is 1. The predicted octanol–water partition coefficient (Wildman–Crippen LogP) is 2.87. The molecule has 3 N–H and O–H groups in total. The Bertz CT molecular complexity index is 1480. The number of carbonyl (C=O) groups is 1. The van der Waals surface area contributed by atoms with E-state index in [1.165, 1.54) is 24.1 Å². The van der Waals surface area contributed by atoms with Crippen LogP contribution in [0.25, 0.3) is 0 Å². The van der Waals surface area contributed by atoms with Crippen molar-refractivity contribution in [1.82, 2.24) is 24.9 Å². The third-order valence-electron chi connectivity index (χ3n) is 6.03. The number of aromatic nitrogens is 5. The number of H-pyrrole nitrogens is 1. The van der Waals surface area contributed by atoms with Crippen molar-refractivity contribution < 1.29 is 14.4 Å². The van der Waals surface area contributed by atoms with E-state index < -0.39 is 34.7 Å². The van der Waals surface area contributed by atoms with Crippen molar-refractivity contribution in [3.63, 3.8) is 0 Å². The number of aryl methyl sites for hydroxylation is 2. The van der Waals surface area contributed by atoms with Gasteiger partial charge in [-0.3, -0.25) is 19.3 Å². The molecule has 3 heterocycles. The zero-order valence-electron chi connectivity index (χ0n) is 19.5. The highest BCUT2D eigenvalue weighted by Crippen LogP contribution is 2.41. The molecule has 11 nitrogen and oxygen atoms in total. The monoisotopic (exact) mass is 473 g/mol. The molecular weight excluding hydrogens is 450 g/mol. The highest BCUT2D eigenvalue weighted by Gasteiger charge is 2.33. The maximum absolute atomic E-state index is 12.9. The number of rotatable bonds is 6. The molecule has 0 bridgehead atoms. The summed E-state index contributed by atoms with van der Waals surface area (Å²) < 4.78 is 5.91. The van der Waals surface area contributed by atoms with Crippen molar-refractivity contribution in [2.75, 3.05) is 5.32 Å². The summed E-state index contributed by atoms with van der Waals surface area (Å²) in [5.74, 6) is -2.24. The highest BCUT2D eigenvalue weighted by atomic mass is 16.5. The number of nitriles is 1. The molecule has 2 atom stereocenters. The van der Waals surface area contributed by atoms with Crippen LogP contribution in [0.3, 0.4) is 0 Å². The minimum Gasteiger partial charge on any atom is -0.501 e.